The van der Waals surface area contributed by atoms with Gasteiger partial charge in [-0.05, 0) is 61.8 Å². The molecule has 0 atom stereocenters. The van der Waals surface area contributed by atoms with Crippen LogP contribution in [0.1, 0.15) is 96.0 Å². The fourth-order valence-electron chi connectivity index (χ4n) is 4.28. The summed E-state index contributed by atoms with van der Waals surface area (Å²) in [6.07, 6.45) is 0.792. The molecule has 2 rings (SSSR count). The number of rotatable bonds is 9. The van der Waals surface area contributed by atoms with E-state index in [1.807, 2.05) is 38.1 Å². The van der Waals surface area contributed by atoms with Crippen LogP contribution in [-0.2, 0) is 16.7 Å². The van der Waals surface area contributed by atoms with Gasteiger partial charge in [0.25, 0.3) is 5.91 Å². The van der Waals surface area contributed by atoms with E-state index >= 15 is 0 Å². The highest BCUT2D eigenvalue weighted by atomic mass is 16.5. The van der Waals surface area contributed by atoms with Crippen molar-refractivity contribution in [2.75, 3.05) is 20.2 Å². The van der Waals surface area contributed by atoms with E-state index in [0.29, 0.717) is 41.4 Å². The van der Waals surface area contributed by atoms with Gasteiger partial charge in [-0.1, -0.05) is 46.8 Å². The molecule has 1 aromatic heterocycles. The van der Waals surface area contributed by atoms with Gasteiger partial charge in [0.2, 0.25) is 0 Å². The molecule has 0 N–H and O–H groups in total. The largest absolute Gasteiger partial charge is 0.464 e. The molecule has 1 heterocycles. The van der Waals surface area contributed by atoms with Gasteiger partial charge in [-0.3, -0.25) is 9.59 Å². The molecule has 0 unspecified atom stereocenters. The highest BCUT2D eigenvalue weighted by Crippen LogP contribution is 2.25. The lowest BCUT2D eigenvalue weighted by Crippen LogP contribution is -2.37. The second-order valence-corrected chi connectivity index (χ2v) is 10.3. The molecule has 1 amide bonds. The monoisotopic (exact) mass is 468 g/mol. The third kappa shape index (κ3) is 5.96. The number of carbonyl (C=O) groups is 3. The zero-order chi connectivity index (χ0) is 25.8. The van der Waals surface area contributed by atoms with Gasteiger partial charge < -0.3 is 14.2 Å². The van der Waals surface area contributed by atoms with Crippen molar-refractivity contribution in [3.8, 4) is 0 Å². The lowest BCUT2D eigenvalue weighted by molar-refractivity contribution is 0.0587. The summed E-state index contributed by atoms with van der Waals surface area (Å²) in [5, 5.41) is 0. The van der Waals surface area contributed by atoms with E-state index in [4.69, 9.17) is 4.74 Å². The number of aromatic nitrogens is 1. The summed E-state index contributed by atoms with van der Waals surface area (Å²) in [6, 6.07) is 7.65. The first-order chi connectivity index (χ1) is 15.8. The molecule has 0 bridgehead atoms. The maximum absolute atomic E-state index is 13.5. The summed E-state index contributed by atoms with van der Waals surface area (Å²) in [4.78, 5) is 40.9. The lowest BCUT2D eigenvalue weighted by Gasteiger charge is -2.24. The number of hydrogen-bond acceptors (Lipinski definition) is 4. The van der Waals surface area contributed by atoms with E-state index in [1.165, 1.54) is 7.11 Å². The van der Waals surface area contributed by atoms with Crippen molar-refractivity contribution >= 4 is 17.7 Å². The van der Waals surface area contributed by atoms with Crippen molar-refractivity contribution in [2.24, 2.45) is 5.92 Å². The highest BCUT2D eigenvalue weighted by molar-refractivity contribution is 6.06. The Balaban J connectivity index is 2.40. The zero-order valence-corrected chi connectivity index (χ0v) is 22.2. The first-order valence-corrected chi connectivity index (χ1v) is 12.0. The molecule has 0 fully saturated rings. The Kier molecular flexibility index (Phi) is 8.87. The molecular formula is C28H40N2O4. The Morgan fingerprint density at radius 3 is 2.12 bits per heavy atom. The Hall–Kier alpha value is -2.89. The molecule has 34 heavy (non-hydrogen) atoms. The molecule has 0 radical (unpaired) electrons. The Morgan fingerprint density at radius 2 is 1.65 bits per heavy atom. The van der Waals surface area contributed by atoms with Crippen LogP contribution in [0.5, 0.6) is 0 Å². The van der Waals surface area contributed by atoms with Crippen LogP contribution in [-0.4, -0.2) is 47.3 Å². The fourth-order valence-corrected chi connectivity index (χ4v) is 4.28. The van der Waals surface area contributed by atoms with Crippen molar-refractivity contribution in [1.29, 1.82) is 0 Å². The summed E-state index contributed by atoms with van der Waals surface area (Å²) in [5.74, 6) is -0.402. The molecule has 6 heteroatoms. The number of benzene rings is 1. The summed E-state index contributed by atoms with van der Waals surface area (Å²) < 4.78 is 6.75. The summed E-state index contributed by atoms with van der Waals surface area (Å²) >= 11 is 0. The first-order valence-electron chi connectivity index (χ1n) is 12.0. The maximum atomic E-state index is 13.5. The van der Waals surface area contributed by atoms with E-state index in [0.717, 1.165) is 17.7 Å². The van der Waals surface area contributed by atoms with Gasteiger partial charge >= 0.3 is 5.97 Å². The third-order valence-electron chi connectivity index (χ3n) is 6.34. The van der Waals surface area contributed by atoms with Crippen molar-refractivity contribution in [1.82, 2.24) is 9.47 Å². The third-order valence-corrected chi connectivity index (χ3v) is 6.34. The average molecular weight is 469 g/mol. The standard InChI is InChI=1S/C28H40N2O4/c1-10-30-20(5)24(19(4)25(30)27(33)34-9)23(31)17-29(16-15-18(2)3)26(32)21-11-13-22(14-12-21)28(6,7)8/h11-14,18H,10,15-17H2,1-9H3. The number of nitrogens with zero attached hydrogens (tertiary/aromatic N) is 2. The Morgan fingerprint density at radius 1 is 1.06 bits per heavy atom. The van der Waals surface area contributed by atoms with Crippen LogP contribution in [0.4, 0.5) is 0 Å². The van der Waals surface area contributed by atoms with Crippen LogP contribution >= 0.6 is 0 Å². The predicted molar refractivity (Wildman–Crippen MR) is 136 cm³/mol. The topological polar surface area (TPSA) is 68.6 Å². The van der Waals surface area contributed by atoms with Gasteiger partial charge in [0.05, 0.1) is 13.7 Å². The number of esters is 1. The number of ketones is 1. The van der Waals surface area contributed by atoms with Crippen LogP contribution in [0.15, 0.2) is 24.3 Å². The van der Waals surface area contributed by atoms with E-state index in [2.05, 4.69) is 34.6 Å². The van der Waals surface area contributed by atoms with Crippen molar-refractivity contribution < 1.29 is 19.1 Å². The van der Waals surface area contributed by atoms with Crippen molar-refractivity contribution in [2.45, 2.75) is 73.8 Å². The van der Waals surface area contributed by atoms with E-state index in [1.54, 1.807) is 16.4 Å². The van der Waals surface area contributed by atoms with Gasteiger partial charge in [-0.2, -0.15) is 0 Å². The molecule has 0 saturated carbocycles. The van der Waals surface area contributed by atoms with Gasteiger partial charge in [0.1, 0.15) is 5.69 Å². The number of methoxy groups -OCH3 is 1. The van der Waals surface area contributed by atoms with Crippen molar-refractivity contribution in [3.63, 3.8) is 0 Å². The maximum Gasteiger partial charge on any atom is 0.354 e. The molecule has 2 aromatic rings. The minimum Gasteiger partial charge on any atom is -0.464 e. The molecule has 6 nitrogen and oxygen atoms in total. The Labute approximate surface area is 204 Å². The highest BCUT2D eigenvalue weighted by Gasteiger charge is 2.28. The minimum atomic E-state index is -0.465. The lowest BCUT2D eigenvalue weighted by atomic mass is 9.86. The van der Waals surface area contributed by atoms with E-state index in [-0.39, 0.29) is 23.7 Å². The molecule has 1 aromatic carbocycles. The van der Waals surface area contributed by atoms with E-state index < -0.39 is 5.97 Å². The number of hydrogen-bond donors (Lipinski definition) is 0. The van der Waals surface area contributed by atoms with Crippen LogP contribution in [0.3, 0.4) is 0 Å². The molecule has 0 saturated heterocycles. The van der Waals surface area contributed by atoms with Gasteiger partial charge in [-0.25, -0.2) is 4.79 Å². The van der Waals surface area contributed by atoms with Crippen molar-refractivity contribution in [3.05, 3.63) is 57.9 Å². The summed E-state index contributed by atoms with van der Waals surface area (Å²) in [7, 11) is 1.34. The zero-order valence-electron chi connectivity index (χ0n) is 22.2. The van der Waals surface area contributed by atoms with E-state index in [9.17, 15) is 14.4 Å². The Bertz CT molecular complexity index is 1040. The van der Waals surface area contributed by atoms with Gasteiger partial charge in [-0.15, -0.1) is 0 Å². The van der Waals surface area contributed by atoms with Gasteiger partial charge in [0.15, 0.2) is 5.78 Å². The molecule has 0 spiro atoms. The van der Waals surface area contributed by atoms with Crippen LogP contribution in [0.2, 0.25) is 0 Å². The van der Waals surface area contributed by atoms with Crippen LogP contribution in [0.25, 0.3) is 0 Å². The minimum absolute atomic E-state index is 0.00624. The second-order valence-electron chi connectivity index (χ2n) is 10.3. The first kappa shape index (κ1) is 27.4. The normalized spacial score (nSPS) is 11.6. The average Bonchev–Trinajstić information content (AvgIpc) is 3.04. The number of ether oxygens (including phenoxy) is 1. The summed E-state index contributed by atoms with van der Waals surface area (Å²) in [5.41, 5.74) is 3.92. The summed E-state index contributed by atoms with van der Waals surface area (Å²) in [6.45, 7) is 17.1. The SMILES string of the molecule is CCn1c(C)c(C(=O)CN(CCC(C)C)C(=O)c2ccc(C(C)(C)C)cc2)c(C)c1C(=O)OC. The number of carbonyl (C=O) groups excluding carboxylic acids is 3. The molecule has 0 aliphatic carbocycles. The molecule has 0 aliphatic rings. The fraction of sp³-hybridized carbons (Fsp3) is 0.536. The molecule has 0 aliphatic heterocycles. The van der Waals surface area contributed by atoms with Gasteiger partial charge in [0, 0.05) is 29.9 Å². The smallest absolute Gasteiger partial charge is 0.354 e. The quantitative estimate of drug-likeness (QED) is 0.356. The second kappa shape index (κ2) is 11.0. The molecule has 186 valence electrons. The van der Waals surface area contributed by atoms with Crippen LogP contribution in [0, 0.1) is 19.8 Å². The number of Topliss-reactive ketones (excluding diaryl/α,β-unsaturated/α-hetero) is 1. The van der Waals surface area contributed by atoms with Crippen LogP contribution < -0.4 is 0 Å². The molecular weight excluding hydrogens is 428 g/mol. The number of amides is 1. The predicted octanol–water partition coefficient (Wildman–Crippen LogP) is 5.58.